The number of anilines is 1. The lowest BCUT2D eigenvalue weighted by Crippen LogP contribution is -2.29. The molecule has 0 unspecified atom stereocenters. The van der Waals surface area contributed by atoms with Crippen molar-refractivity contribution >= 4 is 17.7 Å². The van der Waals surface area contributed by atoms with Crippen LogP contribution in [0.4, 0.5) is 16.4 Å². The summed E-state index contributed by atoms with van der Waals surface area (Å²) in [7, 11) is 0. The molecule has 0 aliphatic carbocycles. The fourth-order valence-electron chi connectivity index (χ4n) is 2.30. The molecular formula is C14H15N5O4. The highest BCUT2D eigenvalue weighted by Crippen LogP contribution is 2.15. The van der Waals surface area contributed by atoms with Gasteiger partial charge in [-0.15, -0.1) is 0 Å². The van der Waals surface area contributed by atoms with E-state index in [4.69, 9.17) is 4.74 Å². The average molecular weight is 317 g/mol. The van der Waals surface area contributed by atoms with Crippen molar-refractivity contribution in [2.45, 2.75) is 19.7 Å². The van der Waals surface area contributed by atoms with Gasteiger partial charge < -0.3 is 14.6 Å². The number of carbonyl (C=O) groups is 1. The number of ether oxygens (including phenoxy) is 1. The highest BCUT2D eigenvalue weighted by atomic mass is 16.6. The minimum atomic E-state index is -0.615. The summed E-state index contributed by atoms with van der Waals surface area (Å²) in [5.74, 6) is 0.454. The lowest BCUT2D eigenvalue weighted by atomic mass is 10.2. The normalized spacial score (nSPS) is 13.2. The molecule has 9 heteroatoms. The lowest BCUT2D eigenvalue weighted by Gasteiger charge is -2.17. The first-order valence-corrected chi connectivity index (χ1v) is 7.06. The van der Waals surface area contributed by atoms with Gasteiger partial charge in [-0.2, -0.15) is 0 Å². The van der Waals surface area contributed by atoms with Crippen LogP contribution in [0.1, 0.15) is 11.3 Å². The van der Waals surface area contributed by atoms with Crippen LogP contribution in [-0.2, 0) is 24.4 Å². The zero-order valence-electron chi connectivity index (χ0n) is 12.2. The van der Waals surface area contributed by atoms with Crippen LogP contribution in [0.15, 0.2) is 30.5 Å². The summed E-state index contributed by atoms with van der Waals surface area (Å²) in [4.78, 5) is 26.1. The van der Waals surface area contributed by atoms with Gasteiger partial charge in [0.1, 0.15) is 6.61 Å². The summed E-state index contributed by atoms with van der Waals surface area (Å²) in [6.07, 6.45) is 1.09. The third-order valence-electron chi connectivity index (χ3n) is 3.49. The van der Waals surface area contributed by atoms with Crippen LogP contribution in [0.2, 0.25) is 0 Å². The molecule has 0 spiro atoms. The minimum Gasteiger partial charge on any atom is -0.444 e. The van der Waals surface area contributed by atoms with E-state index in [1.54, 1.807) is 18.3 Å². The number of rotatable bonds is 4. The number of fused-ring (bicyclic) bond motifs is 1. The van der Waals surface area contributed by atoms with E-state index in [0.717, 1.165) is 18.8 Å². The number of nitro benzene ring substituents is 1. The third kappa shape index (κ3) is 3.46. The molecule has 0 radical (unpaired) electrons. The van der Waals surface area contributed by atoms with Crippen molar-refractivity contribution in [3.8, 4) is 0 Å². The highest BCUT2D eigenvalue weighted by molar-refractivity contribution is 5.82. The Hall–Kier alpha value is -2.94. The van der Waals surface area contributed by atoms with Crippen LogP contribution in [0.5, 0.6) is 0 Å². The van der Waals surface area contributed by atoms with Crippen molar-refractivity contribution in [2.75, 3.05) is 11.9 Å². The van der Waals surface area contributed by atoms with Crippen molar-refractivity contribution < 1.29 is 14.5 Å². The Morgan fingerprint density at radius 3 is 2.96 bits per heavy atom. The number of nitro groups is 1. The smallest absolute Gasteiger partial charge is 0.414 e. The van der Waals surface area contributed by atoms with Gasteiger partial charge in [0.2, 0.25) is 5.95 Å². The minimum absolute atomic E-state index is 0.00387. The average Bonchev–Trinajstić information content (AvgIpc) is 2.96. The Kier molecular flexibility index (Phi) is 4.20. The summed E-state index contributed by atoms with van der Waals surface area (Å²) < 4.78 is 7.02. The molecule has 1 aromatic heterocycles. The Bertz CT molecular complexity index is 725. The molecule has 1 aliphatic rings. The van der Waals surface area contributed by atoms with E-state index in [1.807, 2.05) is 4.57 Å². The van der Waals surface area contributed by atoms with Gasteiger partial charge in [-0.3, -0.25) is 15.4 Å². The third-order valence-corrected chi connectivity index (χ3v) is 3.49. The number of nitrogens with one attached hydrogen (secondary N) is 2. The molecule has 2 heterocycles. The number of carbonyl (C=O) groups excluding carboxylic acids is 1. The van der Waals surface area contributed by atoms with Crippen molar-refractivity contribution in [1.82, 2.24) is 14.9 Å². The number of amides is 1. The monoisotopic (exact) mass is 317 g/mol. The zero-order chi connectivity index (χ0) is 16.2. The van der Waals surface area contributed by atoms with E-state index in [1.165, 1.54) is 12.1 Å². The number of imidazole rings is 1. The number of benzene rings is 1. The number of non-ortho nitro benzene ring substituents is 1. The molecule has 0 bridgehead atoms. The van der Waals surface area contributed by atoms with Gasteiger partial charge >= 0.3 is 6.09 Å². The Balaban J connectivity index is 1.55. The fraction of sp³-hybridized carbons (Fsp3) is 0.286. The SMILES string of the molecule is O=C(Nc1ncc2n1CCNC2)OCc1ccc([N+](=O)[O-])cc1. The van der Waals surface area contributed by atoms with Gasteiger partial charge in [0.15, 0.2) is 0 Å². The molecule has 1 aliphatic heterocycles. The molecule has 9 nitrogen and oxygen atoms in total. The van der Waals surface area contributed by atoms with E-state index in [9.17, 15) is 14.9 Å². The van der Waals surface area contributed by atoms with E-state index < -0.39 is 11.0 Å². The molecule has 2 N–H and O–H groups in total. The predicted octanol–water partition coefficient (Wildman–Crippen LogP) is 1.64. The molecule has 23 heavy (non-hydrogen) atoms. The predicted molar refractivity (Wildman–Crippen MR) is 80.8 cm³/mol. The molecule has 0 saturated carbocycles. The van der Waals surface area contributed by atoms with E-state index in [0.29, 0.717) is 18.1 Å². The van der Waals surface area contributed by atoms with E-state index >= 15 is 0 Å². The quantitative estimate of drug-likeness (QED) is 0.655. The van der Waals surface area contributed by atoms with Gasteiger partial charge in [0.05, 0.1) is 16.8 Å². The molecular weight excluding hydrogens is 302 g/mol. The van der Waals surface area contributed by atoms with Crippen molar-refractivity contribution in [3.05, 3.63) is 51.8 Å². The molecule has 0 atom stereocenters. The van der Waals surface area contributed by atoms with Crippen molar-refractivity contribution in [1.29, 1.82) is 0 Å². The number of hydrogen-bond donors (Lipinski definition) is 2. The Morgan fingerprint density at radius 1 is 1.43 bits per heavy atom. The van der Waals surface area contributed by atoms with Crippen LogP contribution >= 0.6 is 0 Å². The number of hydrogen-bond acceptors (Lipinski definition) is 6. The second kappa shape index (κ2) is 6.44. The first-order chi connectivity index (χ1) is 11.1. The largest absolute Gasteiger partial charge is 0.444 e. The van der Waals surface area contributed by atoms with Gasteiger partial charge in [-0.05, 0) is 17.7 Å². The first kappa shape index (κ1) is 15.0. The molecule has 3 rings (SSSR count). The summed E-state index contributed by atoms with van der Waals surface area (Å²) >= 11 is 0. The second-order valence-electron chi connectivity index (χ2n) is 5.03. The maximum absolute atomic E-state index is 11.8. The molecule has 1 amide bonds. The van der Waals surface area contributed by atoms with Crippen LogP contribution in [0, 0.1) is 10.1 Å². The number of aromatic nitrogens is 2. The first-order valence-electron chi connectivity index (χ1n) is 7.06. The van der Waals surface area contributed by atoms with Crippen LogP contribution < -0.4 is 10.6 Å². The second-order valence-corrected chi connectivity index (χ2v) is 5.03. The topological polar surface area (TPSA) is 111 Å². The van der Waals surface area contributed by atoms with E-state index in [-0.39, 0.29) is 12.3 Å². The van der Waals surface area contributed by atoms with Gasteiger partial charge in [0, 0.05) is 31.8 Å². The Morgan fingerprint density at radius 2 is 2.22 bits per heavy atom. The molecule has 0 saturated heterocycles. The molecule has 1 aromatic carbocycles. The molecule has 0 fully saturated rings. The van der Waals surface area contributed by atoms with Crippen molar-refractivity contribution in [3.63, 3.8) is 0 Å². The number of nitrogens with zero attached hydrogens (tertiary/aromatic N) is 3. The maximum Gasteiger partial charge on any atom is 0.414 e. The lowest BCUT2D eigenvalue weighted by molar-refractivity contribution is -0.384. The Labute approximate surface area is 131 Å². The standard InChI is InChI=1S/C14H15N5O4/c20-14(17-13-16-8-12-7-15-5-6-18(12)13)23-9-10-1-3-11(4-2-10)19(21)22/h1-4,8,15H,5-7,9H2,(H,16,17,20). The highest BCUT2D eigenvalue weighted by Gasteiger charge is 2.15. The van der Waals surface area contributed by atoms with Gasteiger partial charge in [0.25, 0.3) is 5.69 Å². The van der Waals surface area contributed by atoms with Crippen LogP contribution in [0.3, 0.4) is 0 Å². The fourth-order valence-corrected chi connectivity index (χ4v) is 2.30. The maximum atomic E-state index is 11.8. The van der Waals surface area contributed by atoms with E-state index in [2.05, 4.69) is 15.6 Å². The summed E-state index contributed by atoms with van der Waals surface area (Å²) in [6.45, 7) is 2.29. The summed E-state index contributed by atoms with van der Waals surface area (Å²) in [6, 6.07) is 5.84. The zero-order valence-corrected chi connectivity index (χ0v) is 12.2. The molecule has 120 valence electrons. The summed E-state index contributed by atoms with van der Waals surface area (Å²) in [5.41, 5.74) is 1.66. The van der Waals surface area contributed by atoms with Crippen molar-refractivity contribution in [2.24, 2.45) is 0 Å². The van der Waals surface area contributed by atoms with Gasteiger partial charge in [-0.25, -0.2) is 9.78 Å². The van der Waals surface area contributed by atoms with Gasteiger partial charge in [-0.1, -0.05) is 0 Å². The van der Waals surface area contributed by atoms with Crippen LogP contribution in [-0.4, -0.2) is 27.1 Å². The summed E-state index contributed by atoms with van der Waals surface area (Å²) in [5, 5.41) is 16.4. The molecule has 2 aromatic rings. The van der Waals surface area contributed by atoms with Crippen LogP contribution in [0.25, 0.3) is 0 Å².